The predicted molar refractivity (Wildman–Crippen MR) is 78.2 cm³/mol. The van der Waals surface area contributed by atoms with Crippen LogP contribution >= 0.6 is 23.5 Å². The molecule has 5 heteroatoms. The van der Waals surface area contributed by atoms with E-state index in [-0.39, 0.29) is 0 Å². The molecule has 0 saturated carbocycles. The Morgan fingerprint density at radius 2 is 2.12 bits per heavy atom. The Labute approximate surface area is 113 Å². The molecule has 0 fully saturated rings. The van der Waals surface area contributed by atoms with Crippen LogP contribution < -0.4 is 5.32 Å². The van der Waals surface area contributed by atoms with Crippen LogP contribution in [0.1, 0.15) is 27.2 Å². The lowest BCUT2D eigenvalue weighted by molar-refractivity contribution is 0.636. The van der Waals surface area contributed by atoms with Gasteiger partial charge in [0.25, 0.3) is 0 Å². The van der Waals surface area contributed by atoms with Gasteiger partial charge in [0.2, 0.25) is 0 Å². The maximum absolute atomic E-state index is 4.52. The van der Waals surface area contributed by atoms with Gasteiger partial charge in [-0.25, -0.2) is 9.97 Å². The summed E-state index contributed by atoms with van der Waals surface area (Å²) in [5.41, 5.74) is 0. The van der Waals surface area contributed by atoms with Gasteiger partial charge < -0.3 is 5.32 Å². The van der Waals surface area contributed by atoms with Crippen LogP contribution in [0.4, 0.5) is 5.82 Å². The van der Waals surface area contributed by atoms with Crippen molar-refractivity contribution in [2.45, 2.75) is 37.4 Å². The smallest absolute Gasteiger partial charge is 0.190 e. The second-order valence-electron chi connectivity index (χ2n) is 3.93. The van der Waals surface area contributed by atoms with Gasteiger partial charge in [0, 0.05) is 18.4 Å². The summed E-state index contributed by atoms with van der Waals surface area (Å²) in [6.45, 7) is 7.46. The fourth-order valence-electron chi connectivity index (χ4n) is 1.19. The molecule has 0 amide bonds. The minimum Gasteiger partial charge on any atom is -0.370 e. The minimum atomic E-state index is 0.732. The Bertz CT molecular complexity index is 345. The molecule has 1 unspecified atom stereocenters. The van der Waals surface area contributed by atoms with Crippen molar-refractivity contribution in [2.75, 3.05) is 23.9 Å². The summed E-state index contributed by atoms with van der Waals surface area (Å²) in [6, 6.07) is 2.04. The normalized spacial score (nSPS) is 12.5. The van der Waals surface area contributed by atoms with Crippen molar-refractivity contribution in [1.29, 1.82) is 0 Å². The molecule has 0 aliphatic rings. The molecule has 0 bridgehead atoms. The molecule has 1 aromatic heterocycles. The lowest BCUT2D eigenvalue weighted by Gasteiger charge is -2.09. The third-order valence-electron chi connectivity index (χ3n) is 2.44. The monoisotopic (exact) mass is 271 g/mol. The zero-order chi connectivity index (χ0) is 12.7. The lowest BCUT2D eigenvalue weighted by Crippen LogP contribution is -2.02. The van der Waals surface area contributed by atoms with Crippen LogP contribution in [0.15, 0.2) is 16.2 Å². The summed E-state index contributed by atoms with van der Waals surface area (Å²) >= 11 is 3.41. The maximum Gasteiger partial charge on any atom is 0.190 e. The van der Waals surface area contributed by atoms with E-state index >= 15 is 0 Å². The van der Waals surface area contributed by atoms with Gasteiger partial charge in [-0.15, -0.1) is 11.8 Å². The van der Waals surface area contributed by atoms with Crippen molar-refractivity contribution in [3.63, 3.8) is 0 Å². The standard InChI is InChI=1S/C12H21N3S2/c1-5-9(3)8-17-11-7-10(13-6-2)14-12(15-11)16-4/h7,9H,5-6,8H2,1-4H3,(H,13,14,15). The summed E-state index contributed by atoms with van der Waals surface area (Å²) in [6.07, 6.45) is 3.22. The molecule has 0 aliphatic heterocycles. The molecule has 96 valence electrons. The molecule has 0 spiro atoms. The average molecular weight is 271 g/mol. The van der Waals surface area contributed by atoms with Crippen molar-refractivity contribution < 1.29 is 0 Å². The molecule has 0 saturated heterocycles. The predicted octanol–water partition coefficient (Wildman–Crippen LogP) is 3.77. The van der Waals surface area contributed by atoms with E-state index in [1.807, 2.05) is 24.1 Å². The lowest BCUT2D eigenvalue weighted by atomic mass is 10.2. The molecular formula is C12H21N3S2. The Morgan fingerprint density at radius 3 is 2.71 bits per heavy atom. The van der Waals surface area contributed by atoms with E-state index in [9.17, 15) is 0 Å². The molecule has 1 N–H and O–H groups in total. The van der Waals surface area contributed by atoms with Gasteiger partial charge in [0.15, 0.2) is 5.16 Å². The van der Waals surface area contributed by atoms with Crippen LogP contribution in [0.3, 0.4) is 0 Å². The number of anilines is 1. The fourth-order valence-corrected chi connectivity index (χ4v) is 2.66. The summed E-state index contributed by atoms with van der Waals surface area (Å²) in [5, 5.41) is 5.16. The first-order valence-electron chi connectivity index (χ1n) is 5.99. The molecular weight excluding hydrogens is 250 g/mol. The summed E-state index contributed by atoms with van der Waals surface area (Å²) in [5.74, 6) is 2.78. The number of hydrogen-bond donors (Lipinski definition) is 1. The zero-order valence-corrected chi connectivity index (χ0v) is 12.6. The topological polar surface area (TPSA) is 37.8 Å². The molecule has 0 aromatic carbocycles. The second-order valence-corrected chi connectivity index (χ2v) is 5.75. The first kappa shape index (κ1) is 14.6. The quantitative estimate of drug-likeness (QED) is 0.464. The highest BCUT2D eigenvalue weighted by Gasteiger charge is 2.06. The van der Waals surface area contributed by atoms with Crippen LogP contribution in [-0.2, 0) is 0 Å². The van der Waals surface area contributed by atoms with E-state index in [2.05, 4.69) is 36.1 Å². The number of thioether (sulfide) groups is 2. The molecule has 1 rings (SSSR count). The highest BCUT2D eigenvalue weighted by Crippen LogP contribution is 2.24. The van der Waals surface area contributed by atoms with Gasteiger partial charge in [-0.3, -0.25) is 0 Å². The molecule has 1 atom stereocenters. The van der Waals surface area contributed by atoms with Gasteiger partial charge >= 0.3 is 0 Å². The van der Waals surface area contributed by atoms with Gasteiger partial charge in [0.05, 0.1) is 0 Å². The fraction of sp³-hybridized carbons (Fsp3) is 0.667. The summed E-state index contributed by atoms with van der Waals surface area (Å²) < 4.78 is 0. The number of nitrogens with one attached hydrogen (secondary N) is 1. The zero-order valence-electron chi connectivity index (χ0n) is 11.0. The second kappa shape index (κ2) is 7.82. The molecule has 1 heterocycles. The van der Waals surface area contributed by atoms with Crippen LogP contribution in [0.2, 0.25) is 0 Å². The Balaban J connectivity index is 2.72. The van der Waals surface area contributed by atoms with E-state index in [0.717, 1.165) is 34.2 Å². The van der Waals surface area contributed by atoms with Gasteiger partial charge in [-0.1, -0.05) is 32.0 Å². The van der Waals surface area contributed by atoms with E-state index in [4.69, 9.17) is 0 Å². The molecule has 17 heavy (non-hydrogen) atoms. The highest BCUT2D eigenvalue weighted by molar-refractivity contribution is 7.99. The summed E-state index contributed by atoms with van der Waals surface area (Å²) in [4.78, 5) is 8.93. The van der Waals surface area contributed by atoms with E-state index < -0.39 is 0 Å². The largest absolute Gasteiger partial charge is 0.370 e. The molecule has 0 radical (unpaired) electrons. The van der Waals surface area contributed by atoms with Crippen molar-refractivity contribution in [2.24, 2.45) is 5.92 Å². The van der Waals surface area contributed by atoms with Crippen LogP contribution in [0.5, 0.6) is 0 Å². The van der Waals surface area contributed by atoms with Crippen LogP contribution in [0, 0.1) is 5.92 Å². The number of hydrogen-bond acceptors (Lipinski definition) is 5. The van der Waals surface area contributed by atoms with Crippen molar-refractivity contribution in [3.8, 4) is 0 Å². The molecule has 3 nitrogen and oxygen atoms in total. The van der Waals surface area contributed by atoms with E-state index in [0.29, 0.717) is 0 Å². The molecule has 0 aliphatic carbocycles. The summed E-state index contributed by atoms with van der Waals surface area (Å²) in [7, 11) is 0. The van der Waals surface area contributed by atoms with Crippen molar-refractivity contribution >= 4 is 29.3 Å². The van der Waals surface area contributed by atoms with Crippen molar-refractivity contribution in [1.82, 2.24) is 9.97 Å². The van der Waals surface area contributed by atoms with Gasteiger partial charge in [-0.05, 0) is 19.1 Å². The Kier molecular flexibility index (Phi) is 6.73. The highest BCUT2D eigenvalue weighted by atomic mass is 32.2. The molecule has 1 aromatic rings. The first-order chi connectivity index (χ1) is 8.19. The first-order valence-corrected chi connectivity index (χ1v) is 8.20. The van der Waals surface area contributed by atoms with Gasteiger partial charge in [0.1, 0.15) is 10.8 Å². The SMILES string of the molecule is CCNc1cc(SCC(C)CC)nc(SC)n1. The Hall–Kier alpha value is -0.420. The minimum absolute atomic E-state index is 0.732. The Morgan fingerprint density at radius 1 is 1.35 bits per heavy atom. The maximum atomic E-state index is 4.52. The average Bonchev–Trinajstić information content (AvgIpc) is 2.36. The number of aromatic nitrogens is 2. The number of nitrogens with zero attached hydrogens (tertiary/aromatic N) is 2. The van der Waals surface area contributed by atoms with Crippen LogP contribution in [-0.4, -0.2) is 28.5 Å². The van der Waals surface area contributed by atoms with Crippen LogP contribution in [0.25, 0.3) is 0 Å². The van der Waals surface area contributed by atoms with E-state index in [1.165, 1.54) is 6.42 Å². The third kappa shape index (κ3) is 5.17. The number of rotatable bonds is 7. The van der Waals surface area contributed by atoms with Crippen molar-refractivity contribution in [3.05, 3.63) is 6.07 Å². The third-order valence-corrected chi connectivity index (χ3v) is 4.22. The van der Waals surface area contributed by atoms with E-state index in [1.54, 1.807) is 11.8 Å². The van der Waals surface area contributed by atoms with Gasteiger partial charge in [-0.2, -0.15) is 0 Å².